The maximum absolute atomic E-state index is 13.4. The van der Waals surface area contributed by atoms with Gasteiger partial charge in [-0.3, -0.25) is 9.59 Å². The average molecular weight is 612 g/mol. The summed E-state index contributed by atoms with van der Waals surface area (Å²) in [5.41, 5.74) is 4.82. The smallest absolute Gasteiger partial charge is 0.323 e. The van der Waals surface area contributed by atoms with Gasteiger partial charge in [0.05, 0.1) is 31.3 Å². The van der Waals surface area contributed by atoms with E-state index in [4.69, 9.17) is 9.47 Å². The van der Waals surface area contributed by atoms with Gasteiger partial charge in [0.1, 0.15) is 11.5 Å². The Hall–Kier alpha value is -4.73. The summed E-state index contributed by atoms with van der Waals surface area (Å²) in [5.74, 6) is 1.37. The molecule has 10 nitrogen and oxygen atoms in total. The van der Waals surface area contributed by atoms with E-state index in [9.17, 15) is 14.4 Å². The molecule has 3 N–H and O–H groups in total. The number of pyridine rings is 1. The molecule has 2 aliphatic heterocycles. The van der Waals surface area contributed by atoms with E-state index < -0.39 is 6.03 Å². The first kappa shape index (κ1) is 30.3. The van der Waals surface area contributed by atoms with Crippen LogP contribution in [0.2, 0.25) is 0 Å². The topological polar surface area (TPSA) is 114 Å². The second-order valence-corrected chi connectivity index (χ2v) is 12.1. The molecule has 3 amide bonds. The summed E-state index contributed by atoms with van der Waals surface area (Å²) >= 11 is 0. The molecule has 0 saturated carbocycles. The van der Waals surface area contributed by atoms with Crippen molar-refractivity contribution in [2.24, 2.45) is 5.92 Å². The Morgan fingerprint density at radius 3 is 2.60 bits per heavy atom. The van der Waals surface area contributed by atoms with Crippen LogP contribution in [0.15, 0.2) is 71.0 Å². The SMILES string of the molecule is COc1ccc(NC(=O)Nc2cc(C(=O)NCCC3=CCCCC3)ccc2N2C[C@H]3C[C@@H](C2)c2cccc(=O)n2C3)c(OC)c1. The van der Waals surface area contributed by atoms with Crippen molar-refractivity contribution < 1.29 is 19.1 Å². The van der Waals surface area contributed by atoms with Gasteiger partial charge in [-0.2, -0.15) is 0 Å². The van der Waals surface area contributed by atoms with Crippen LogP contribution in [0.4, 0.5) is 21.9 Å². The van der Waals surface area contributed by atoms with Crippen LogP contribution in [0, 0.1) is 5.92 Å². The molecular formula is C35H41N5O5. The molecule has 1 saturated heterocycles. The minimum absolute atomic E-state index is 0.0405. The van der Waals surface area contributed by atoms with E-state index in [0.29, 0.717) is 54.0 Å². The van der Waals surface area contributed by atoms with E-state index in [1.807, 2.05) is 28.8 Å². The third-order valence-electron chi connectivity index (χ3n) is 9.10. The summed E-state index contributed by atoms with van der Waals surface area (Å²) in [5, 5.41) is 8.94. The molecule has 0 spiro atoms. The van der Waals surface area contributed by atoms with E-state index in [1.165, 1.54) is 25.5 Å². The van der Waals surface area contributed by atoms with Crippen molar-refractivity contribution in [3.63, 3.8) is 0 Å². The Labute approximate surface area is 263 Å². The summed E-state index contributed by atoms with van der Waals surface area (Å²) in [7, 11) is 3.10. The Balaban J connectivity index is 1.24. The molecule has 2 bridgehead atoms. The Morgan fingerprint density at radius 1 is 0.933 bits per heavy atom. The molecule has 3 aliphatic rings. The molecule has 3 heterocycles. The summed E-state index contributed by atoms with van der Waals surface area (Å²) in [6.45, 7) is 2.67. The van der Waals surface area contributed by atoms with Gasteiger partial charge in [0.2, 0.25) is 0 Å². The zero-order valence-corrected chi connectivity index (χ0v) is 25.9. The zero-order valence-electron chi connectivity index (χ0n) is 25.9. The number of methoxy groups -OCH3 is 2. The average Bonchev–Trinajstić information content (AvgIpc) is 3.05. The van der Waals surface area contributed by atoms with Gasteiger partial charge in [0.25, 0.3) is 11.5 Å². The van der Waals surface area contributed by atoms with E-state index >= 15 is 0 Å². The molecule has 2 aromatic carbocycles. The van der Waals surface area contributed by atoms with Crippen molar-refractivity contribution in [1.82, 2.24) is 9.88 Å². The van der Waals surface area contributed by atoms with E-state index in [0.717, 1.165) is 43.6 Å². The van der Waals surface area contributed by atoms with Gasteiger partial charge in [0, 0.05) is 55.5 Å². The number of carbonyl (C=O) groups is 2. The number of aromatic nitrogens is 1. The van der Waals surface area contributed by atoms with Gasteiger partial charge in [-0.1, -0.05) is 17.7 Å². The molecule has 6 rings (SSSR count). The predicted molar refractivity (Wildman–Crippen MR) is 176 cm³/mol. The number of anilines is 3. The second kappa shape index (κ2) is 13.5. The van der Waals surface area contributed by atoms with Crippen molar-refractivity contribution in [2.45, 2.75) is 51.0 Å². The maximum Gasteiger partial charge on any atom is 0.323 e. The molecule has 0 unspecified atom stereocenters. The fourth-order valence-corrected chi connectivity index (χ4v) is 6.89. The van der Waals surface area contributed by atoms with Crippen LogP contribution in [0.5, 0.6) is 11.5 Å². The van der Waals surface area contributed by atoms with Gasteiger partial charge < -0.3 is 34.9 Å². The molecule has 1 aliphatic carbocycles. The van der Waals surface area contributed by atoms with E-state index in [-0.39, 0.29) is 17.4 Å². The first-order valence-corrected chi connectivity index (χ1v) is 15.8. The summed E-state index contributed by atoms with van der Waals surface area (Å²) in [6, 6.07) is 15.7. The first-order valence-electron chi connectivity index (χ1n) is 15.8. The van der Waals surface area contributed by atoms with Crippen molar-refractivity contribution >= 4 is 29.0 Å². The number of benzene rings is 2. The van der Waals surface area contributed by atoms with Crippen LogP contribution < -0.4 is 35.9 Å². The number of nitrogens with zero attached hydrogens (tertiary/aromatic N) is 2. The van der Waals surface area contributed by atoms with Crippen LogP contribution in [0.3, 0.4) is 0 Å². The molecule has 45 heavy (non-hydrogen) atoms. The van der Waals surface area contributed by atoms with Crippen LogP contribution in [-0.2, 0) is 6.54 Å². The fraction of sp³-hybridized carbons (Fsp3) is 0.400. The fourth-order valence-electron chi connectivity index (χ4n) is 6.89. The lowest BCUT2D eigenvalue weighted by Crippen LogP contribution is -2.47. The normalized spacial score (nSPS) is 18.7. The van der Waals surface area contributed by atoms with Gasteiger partial charge in [-0.05, 0) is 80.8 Å². The Kier molecular flexibility index (Phi) is 9.09. The van der Waals surface area contributed by atoms with Gasteiger partial charge >= 0.3 is 6.03 Å². The quantitative estimate of drug-likeness (QED) is 0.266. The molecule has 0 radical (unpaired) electrons. The van der Waals surface area contributed by atoms with Crippen molar-refractivity contribution in [2.75, 3.05) is 49.4 Å². The highest BCUT2D eigenvalue weighted by molar-refractivity contribution is 6.04. The van der Waals surface area contributed by atoms with Crippen LogP contribution >= 0.6 is 0 Å². The number of allylic oxidation sites excluding steroid dienone is 1. The third kappa shape index (κ3) is 6.84. The standard InChI is InChI=1S/C35H41N5O5/c1-44-27-12-13-28(32(19-27)45-2)37-35(43)38-29-18-25(34(42)36-16-15-23-7-4-3-5-8-23)11-14-31(29)39-20-24-17-26(22-39)30-9-6-10-33(41)40(30)21-24/h6-7,9-14,18-19,24,26H,3-5,8,15-17,20-22H2,1-2H3,(H,36,42)(H2,37,38,43)/t24-,26+/m1/s1. The van der Waals surface area contributed by atoms with E-state index in [2.05, 4.69) is 26.9 Å². The van der Waals surface area contributed by atoms with E-state index in [1.54, 1.807) is 37.4 Å². The number of hydrogen-bond acceptors (Lipinski definition) is 6. The monoisotopic (exact) mass is 611 g/mol. The molecule has 3 aromatic rings. The minimum atomic E-state index is -0.462. The Morgan fingerprint density at radius 2 is 1.80 bits per heavy atom. The largest absolute Gasteiger partial charge is 0.497 e. The number of rotatable bonds is 9. The number of nitrogens with one attached hydrogen (secondary N) is 3. The second-order valence-electron chi connectivity index (χ2n) is 12.1. The van der Waals surface area contributed by atoms with Gasteiger partial charge in [0.15, 0.2) is 0 Å². The van der Waals surface area contributed by atoms with Crippen LogP contribution in [0.1, 0.15) is 60.5 Å². The highest BCUT2D eigenvalue weighted by Gasteiger charge is 2.35. The lowest BCUT2D eigenvalue weighted by atomic mass is 9.83. The minimum Gasteiger partial charge on any atom is -0.497 e. The summed E-state index contributed by atoms with van der Waals surface area (Å²) < 4.78 is 12.6. The summed E-state index contributed by atoms with van der Waals surface area (Å²) in [6.07, 6.45) is 8.82. The van der Waals surface area contributed by atoms with Crippen LogP contribution in [0.25, 0.3) is 0 Å². The van der Waals surface area contributed by atoms with Crippen LogP contribution in [-0.4, -0.2) is 50.4 Å². The molecule has 2 atom stereocenters. The van der Waals surface area contributed by atoms with Crippen molar-refractivity contribution in [3.05, 3.63) is 87.9 Å². The highest BCUT2D eigenvalue weighted by atomic mass is 16.5. The Bertz CT molecular complexity index is 1660. The lowest BCUT2D eigenvalue weighted by molar-refractivity contribution is 0.0954. The number of piperidine rings is 1. The third-order valence-corrected chi connectivity index (χ3v) is 9.10. The van der Waals surface area contributed by atoms with Gasteiger partial charge in [-0.25, -0.2) is 4.79 Å². The summed E-state index contributed by atoms with van der Waals surface area (Å²) in [4.78, 5) is 41.5. The molecule has 1 fully saturated rings. The van der Waals surface area contributed by atoms with Crippen molar-refractivity contribution in [3.8, 4) is 11.5 Å². The number of ether oxygens (including phenoxy) is 2. The molecular weight excluding hydrogens is 570 g/mol. The molecule has 10 heteroatoms. The number of urea groups is 1. The number of fused-ring (bicyclic) bond motifs is 4. The lowest BCUT2D eigenvalue weighted by Gasteiger charge is -2.44. The number of hydrogen-bond donors (Lipinski definition) is 3. The zero-order chi connectivity index (χ0) is 31.3. The highest BCUT2D eigenvalue weighted by Crippen LogP contribution is 2.39. The number of carbonyl (C=O) groups excluding carboxylic acids is 2. The van der Waals surface area contributed by atoms with Gasteiger partial charge in [-0.15, -0.1) is 0 Å². The van der Waals surface area contributed by atoms with Crippen molar-refractivity contribution in [1.29, 1.82) is 0 Å². The molecule has 236 valence electrons. The maximum atomic E-state index is 13.4. The number of amides is 3. The first-order chi connectivity index (χ1) is 21.9. The predicted octanol–water partition coefficient (Wildman–Crippen LogP) is 5.75. The molecule has 1 aromatic heterocycles.